The summed E-state index contributed by atoms with van der Waals surface area (Å²) in [6.07, 6.45) is -3.01. The van der Waals surface area contributed by atoms with Crippen LogP contribution in [-0.4, -0.2) is 34.6 Å². The van der Waals surface area contributed by atoms with Crippen LogP contribution in [0.3, 0.4) is 0 Å². The molecule has 0 radical (unpaired) electrons. The number of halogens is 3. The van der Waals surface area contributed by atoms with Gasteiger partial charge in [-0.1, -0.05) is 19.9 Å². The fourth-order valence-corrected chi connectivity index (χ4v) is 4.45. The molecule has 0 aromatic heterocycles. The maximum Gasteiger partial charge on any atom is 0.391 e. The van der Waals surface area contributed by atoms with Crippen LogP contribution in [0.5, 0.6) is 0 Å². The van der Waals surface area contributed by atoms with Gasteiger partial charge in [-0.25, -0.2) is 4.79 Å². The predicted molar refractivity (Wildman–Crippen MR) is 93.5 cm³/mol. The summed E-state index contributed by atoms with van der Waals surface area (Å²) in [7, 11) is 0. The molecular weight excluding hydrogens is 359 g/mol. The van der Waals surface area contributed by atoms with Gasteiger partial charge < -0.3 is 10.0 Å². The van der Waals surface area contributed by atoms with Gasteiger partial charge in [-0.15, -0.1) is 0 Å². The Morgan fingerprint density at radius 2 is 1.85 bits per heavy atom. The van der Waals surface area contributed by atoms with E-state index in [2.05, 4.69) is 0 Å². The van der Waals surface area contributed by atoms with Gasteiger partial charge in [0.1, 0.15) is 0 Å². The standard InChI is InChI=1S/C20H24F3NO3/c1-11(2)17-15-8-5-13(19(26)27)9-16(15)18(25)24(17)10-12-3-6-14(7-4-12)20(21,22)23/h5,8-9,11-12,14,17H,3-4,6-7,10H2,1-2H3,(H,26,27)/t12-,14-,17-/m0/s1. The van der Waals surface area contributed by atoms with Crippen molar-refractivity contribution in [3.05, 3.63) is 34.9 Å². The van der Waals surface area contributed by atoms with Gasteiger partial charge in [0.2, 0.25) is 0 Å². The molecule has 1 aromatic rings. The zero-order valence-electron chi connectivity index (χ0n) is 15.4. The molecule has 27 heavy (non-hydrogen) atoms. The van der Waals surface area contributed by atoms with Crippen molar-refractivity contribution in [2.75, 3.05) is 6.54 Å². The average molecular weight is 383 g/mol. The molecule has 7 heteroatoms. The number of hydrogen-bond acceptors (Lipinski definition) is 2. The van der Waals surface area contributed by atoms with E-state index >= 15 is 0 Å². The number of hydrogen-bond donors (Lipinski definition) is 1. The lowest BCUT2D eigenvalue weighted by Gasteiger charge is -2.35. The lowest BCUT2D eigenvalue weighted by Crippen LogP contribution is -2.37. The molecule has 4 nitrogen and oxygen atoms in total. The van der Waals surface area contributed by atoms with Gasteiger partial charge in [0, 0.05) is 12.1 Å². The summed E-state index contributed by atoms with van der Waals surface area (Å²) in [6, 6.07) is 4.44. The van der Waals surface area contributed by atoms with Crippen LogP contribution < -0.4 is 0 Å². The molecule has 1 aromatic carbocycles. The van der Waals surface area contributed by atoms with Crippen molar-refractivity contribution in [2.24, 2.45) is 17.8 Å². The zero-order chi connectivity index (χ0) is 19.9. The molecule has 1 amide bonds. The highest BCUT2D eigenvalue weighted by Gasteiger charge is 2.44. The van der Waals surface area contributed by atoms with Crippen LogP contribution in [-0.2, 0) is 0 Å². The number of rotatable bonds is 4. The normalized spacial score (nSPS) is 25.8. The molecule has 0 bridgehead atoms. The third kappa shape index (κ3) is 3.82. The van der Waals surface area contributed by atoms with Crippen molar-refractivity contribution in [1.29, 1.82) is 0 Å². The first-order valence-electron chi connectivity index (χ1n) is 9.34. The van der Waals surface area contributed by atoms with Crippen molar-refractivity contribution in [1.82, 2.24) is 4.90 Å². The quantitative estimate of drug-likeness (QED) is 0.804. The Hall–Kier alpha value is -2.05. The minimum absolute atomic E-state index is 0.0436. The van der Waals surface area contributed by atoms with Gasteiger partial charge >= 0.3 is 12.1 Å². The second-order valence-electron chi connectivity index (χ2n) is 8.01. The van der Waals surface area contributed by atoms with E-state index in [0.717, 1.165) is 5.56 Å². The average Bonchev–Trinajstić information content (AvgIpc) is 2.86. The van der Waals surface area contributed by atoms with E-state index in [1.165, 1.54) is 12.1 Å². The maximum absolute atomic E-state index is 12.9. The summed E-state index contributed by atoms with van der Waals surface area (Å²) >= 11 is 0. The van der Waals surface area contributed by atoms with E-state index in [1.54, 1.807) is 11.0 Å². The minimum Gasteiger partial charge on any atom is -0.478 e. The number of carboxylic acids is 1. The number of benzene rings is 1. The first kappa shape index (κ1) is 19.7. The van der Waals surface area contributed by atoms with Crippen molar-refractivity contribution in [2.45, 2.75) is 51.7 Å². The number of carbonyl (C=O) groups is 2. The van der Waals surface area contributed by atoms with Crippen molar-refractivity contribution in [3.8, 4) is 0 Å². The molecule has 1 heterocycles. The lowest BCUT2D eigenvalue weighted by atomic mass is 9.81. The third-order valence-electron chi connectivity index (χ3n) is 5.84. The van der Waals surface area contributed by atoms with Crippen molar-refractivity contribution < 1.29 is 27.9 Å². The number of aromatic carboxylic acids is 1. The van der Waals surface area contributed by atoms with Gasteiger partial charge in [-0.2, -0.15) is 13.2 Å². The van der Waals surface area contributed by atoms with E-state index in [1.807, 2.05) is 13.8 Å². The smallest absolute Gasteiger partial charge is 0.391 e. The van der Waals surface area contributed by atoms with E-state index < -0.39 is 18.1 Å². The monoisotopic (exact) mass is 383 g/mol. The third-order valence-corrected chi connectivity index (χ3v) is 5.84. The molecule has 1 aliphatic carbocycles. The number of nitrogens with zero attached hydrogens (tertiary/aromatic N) is 1. The van der Waals surface area contributed by atoms with E-state index in [0.29, 0.717) is 24.9 Å². The molecule has 148 valence electrons. The molecule has 2 aliphatic rings. The SMILES string of the molecule is CC(C)[C@H]1c2ccc(C(=O)O)cc2C(=O)N1C[C@H]1CC[C@H](C(F)(F)F)CC1. The van der Waals surface area contributed by atoms with Crippen LogP contribution in [0.25, 0.3) is 0 Å². The van der Waals surface area contributed by atoms with Gasteiger partial charge in [0.15, 0.2) is 0 Å². The molecule has 0 saturated heterocycles. The fraction of sp³-hybridized carbons (Fsp3) is 0.600. The Morgan fingerprint density at radius 1 is 1.22 bits per heavy atom. The Bertz CT molecular complexity index is 736. The van der Waals surface area contributed by atoms with Crippen molar-refractivity contribution >= 4 is 11.9 Å². The van der Waals surface area contributed by atoms with E-state index in [4.69, 9.17) is 0 Å². The molecule has 1 fully saturated rings. The number of carbonyl (C=O) groups excluding carboxylic acids is 1. The Labute approximate surface area is 156 Å². The summed E-state index contributed by atoms with van der Waals surface area (Å²) < 4.78 is 38.6. The lowest BCUT2D eigenvalue weighted by molar-refractivity contribution is -0.184. The molecule has 1 N–H and O–H groups in total. The summed E-state index contributed by atoms with van der Waals surface area (Å²) in [4.78, 5) is 25.9. The number of carboxylic acid groups (broad SMARTS) is 1. The number of amides is 1. The van der Waals surface area contributed by atoms with Crippen molar-refractivity contribution in [3.63, 3.8) is 0 Å². The topological polar surface area (TPSA) is 57.6 Å². The second-order valence-corrected chi connectivity index (χ2v) is 8.01. The Kier molecular flexibility index (Phi) is 5.23. The van der Waals surface area contributed by atoms with Gasteiger partial charge in [0.25, 0.3) is 5.91 Å². The summed E-state index contributed by atoms with van der Waals surface area (Å²) in [5.41, 5.74) is 1.28. The number of fused-ring (bicyclic) bond motifs is 1. The van der Waals surface area contributed by atoms with Crippen LogP contribution in [0.2, 0.25) is 0 Å². The molecule has 0 unspecified atom stereocenters. The second kappa shape index (κ2) is 7.17. The fourth-order valence-electron chi connectivity index (χ4n) is 4.45. The van der Waals surface area contributed by atoms with Crippen LogP contribution in [0.1, 0.15) is 71.9 Å². The first-order chi connectivity index (χ1) is 12.6. The van der Waals surface area contributed by atoms with Crippen LogP contribution in [0.4, 0.5) is 13.2 Å². The van der Waals surface area contributed by atoms with Crippen LogP contribution in [0.15, 0.2) is 18.2 Å². The van der Waals surface area contributed by atoms with Crippen LogP contribution >= 0.6 is 0 Å². The largest absolute Gasteiger partial charge is 0.478 e. The maximum atomic E-state index is 12.9. The highest BCUT2D eigenvalue weighted by Crippen LogP contribution is 2.43. The van der Waals surface area contributed by atoms with E-state index in [-0.39, 0.29) is 42.2 Å². The highest BCUT2D eigenvalue weighted by molar-refractivity contribution is 6.01. The summed E-state index contributed by atoms with van der Waals surface area (Å²) in [5.74, 6) is -2.38. The first-order valence-corrected chi connectivity index (χ1v) is 9.34. The van der Waals surface area contributed by atoms with E-state index in [9.17, 15) is 27.9 Å². The zero-order valence-corrected chi connectivity index (χ0v) is 15.4. The van der Waals surface area contributed by atoms with Gasteiger partial charge in [-0.05, 0) is 55.2 Å². The van der Waals surface area contributed by atoms with Crippen LogP contribution in [0, 0.1) is 17.8 Å². The minimum atomic E-state index is -4.14. The Morgan fingerprint density at radius 3 is 2.37 bits per heavy atom. The molecule has 3 rings (SSSR count). The predicted octanol–water partition coefficient (Wildman–Crippen LogP) is 4.91. The molecule has 1 atom stereocenters. The van der Waals surface area contributed by atoms with Gasteiger partial charge in [0.05, 0.1) is 17.5 Å². The molecule has 1 saturated carbocycles. The molecule has 0 spiro atoms. The highest BCUT2D eigenvalue weighted by atomic mass is 19.4. The van der Waals surface area contributed by atoms with Gasteiger partial charge in [-0.3, -0.25) is 4.79 Å². The number of alkyl halides is 3. The molecule has 1 aliphatic heterocycles. The summed E-state index contributed by atoms with van der Waals surface area (Å²) in [6.45, 7) is 4.40. The summed E-state index contributed by atoms with van der Waals surface area (Å²) in [5, 5.41) is 9.18. The molecular formula is C20H24F3NO3. The Balaban J connectivity index is 1.77.